The first-order valence-electron chi connectivity index (χ1n) is 9.19. The lowest BCUT2D eigenvalue weighted by Crippen LogP contribution is -2.23. The highest BCUT2D eigenvalue weighted by molar-refractivity contribution is 6.34. The monoisotopic (exact) mass is 437 g/mol. The van der Waals surface area contributed by atoms with Crippen LogP contribution in [0.25, 0.3) is 22.4 Å². The van der Waals surface area contributed by atoms with Crippen molar-refractivity contribution in [2.24, 2.45) is 0 Å². The van der Waals surface area contributed by atoms with Gasteiger partial charge in [-0.1, -0.05) is 46.6 Å². The summed E-state index contributed by atoms with van der Waals surface area (Å²) in [6.07, 6.45) is 3.35. The predicted molar refractivity (Wildman–Crippen MR) is 119 cm³/mol. The van der Waals surface area contributed by atoms with E-state index in [1.54, 1.807) is 30.6 Å². The van der Waals surface area contributed by atoms with E-state index in [4.69, 9.17) is 27.7 Å². The molecule has 30 heavy (non-hydrogen) atoms. The molecule has 1 amide bonds. The molecule has 7 heteroatoms. The third-order valence-electron chi connectivity index (χ3n) is 4.69. The molecule has 0 fully saturated rings. The summed E-state index contributed by atoms with van der Waals surface area (Å²) >= 11 is 12.6. The van der Waals surface area contributed by atoms with E-state index >= 15 is 0 Å². The topological polar surface area (TPSA) is 59.2 Å². The van der Waals surface area contributed by atoms with E-state index in [1.165, 1.54) is 11.8 Å². The van der Waals surface area contributed by atoms with Gasteiger partial charge in [-0.25, -0.2) is 4.90 Å². The Balaban J connectivity index is 1.98. The van der Waals surface area contributed by atoms with E-state index < -0.39 is 0 Å². The number of anilines is 2. The van der Waals surface area contributed by atoms with Gasteiger partial charge in [0.25, 0.3) is 0 Å². The summed E-state index contributed by atoms with van der Waals surface area (Å²) in [5, 5.41) is 5.40. The zero-order chi connectivity index (χ0) is 21.3. The molecule has 0 radical (unpaired) electrons. The second-order valence-corrected chi connectivity index (χ2v) is 7.53. The summed E-state index contributed by atoms with van der Waals surface area (Å²) < 4.78 is 5.75. The normalized spacial score (nSPS) is 10.8. The predicted octanol–water partition coefficient (Wildman–Crippen LogP) is 6.70. The number of aromatic nitrogens is 2. The van der Waals surface area contributed by atoms with Crippen LogP contribution in [-0.4, -0.2) is 16.0 Å². The lowest BCUT2D eigenvalue weighted by molar-refractivity contribution is -0.116. The van der Waals surface area contributed by atoms with E-state index in [1.807, 2.05) is 43.3 Å². The van der Waals surface area contributed by atoms with Crippen molar-refractivity contribution in [1.82, 2.24) is 10.1 Å². The molecule has 0 aliphatic rings. The number of rotatable bonds is 4. The van der Waals surface area contributed by atoms with Crippen molar-refractivity contribution in [2.75, 3.05) is 4.90 Å². The minimum atomic E-state index is -0.256. The van der Waals surface area contributed by atoms with Crippen LogP contribution in [0.1, 0.15) is 12.5 Å². The number of para-hydroxylation sites is 1. The van der Waals surface area contributed by atoms with E-state index in [9.17, 15) is 4.79 Å². The van der Waals surface area contributed by atoms with Crippen LogP contribution in [0.4, 0.5) is 11.6 Å². The van der Waals surface area contributed by atoms with Gasteiger partial charge in [0.1, 0.15) is 5.69 Å². The van der Waals surface area contributed by atoms with Crippen molar-refractivity contribution >= 4 is 40.7 Å². The van der Waals surface area contributed by atoms with Crippen molar-refractivity contribution in [3.63, 3.8) is 0 Å². The van der Waals surface area contributed by atoms with E-state index in [0.717, 1.165) is 16.7 Å². The summed E-state index contributed by atoms with van der Waals surface area (Å²) in [5.74, 6) is 0.0257. The molecule has 2 heterocycles. The average molecular weight is 438 g/mol. The number of carbonyl (C=O) groups is 1. The van der Waals surface area contributed by atoms with Gasteiger partial charge in [0.15, 0.2) is 0 Å². The van der Waals surface area contributed by atoms with Crippen molar-refractivity contribution in [3.8, 4) is 22.4 Å². The molecule has 2 aromatic heterocycles. The molecule has 0 saturated carbocycles. The molecule has 4 aromatic rings. The lowest BCUT2D eigenvalue weighted by atomic mass is 10.00. The minimum Gasteiger partial charge on any atom is -0.337 e. The number of pyridine rings is 1. The molecule has 0 spiro atoms. The maximum Gasteiger partial charge on any atom is 0.247 e. The molecule has 4 rings (SSSR count). The summed E-state index contributed by atoms with van der Waals surface area (Å²) in [6, 6.07) is 16.4. The van der Waals surface area contributed by atoms with Gasteiger partial charge in [-0.05, 0) is 54.4 Å². The zero-order valence-electron chi connectivity index (χ0n) is 16.3. The van der Waals surface area contributed by atoms with Gasteiger partial charge in [-0.3, -0.25) is 9.78 Å². The first kappa shape index (κ1) is 20.1. The van der Waals surface area contributed by atoms with Crippen LogP contribution in [0.5, 0.6) is 0 Å². The van der Waals surface area contributed by atoms with Crippen LogP contribution in [-0.2, 0) is 4.79 Å². The molecular formula is C23H17Cl2N3O2. The Bertz CT molecular complexity index is 1220. The Morgan fingerprint density at radius 2 is 1.70 bits per heavy atom. The largest absolute Gasteiger partial charge is 0.337 e. The Kier molecular flexibility index (Phi) is 5.57. The van der Waals surface area contributed by atoms with E-state index in [0.29, 0.717) is 27.0 Å². The molecule has 0 aliphatic carbocycles. The quantitative estimate of drug-likeness (QED) is 0.356. The standard InChI is InChI=1S/C23H17Cl2N3O2/c1-14-13-17(7-8-18(14)24)22-21(16-9-11-26-12-10-16)23(30-27-22)28(15(2)29)20-6-4-3-5-19(20)25/h3-13H,1-2H3. The lowest BCUT2D eigenvalue weighted by Gasteiger charge is -2.20. The number of amides is 1. The number of halogens is 2. The van der Waals surface area contributed by atoms with Crippen molar-refractivity contribution < 1.29 is 9.32 Å². The molecule has 2 aromatic carbocycles. The molecular weight excluding hydrogens is 421 g/mol. The molecule has 0 atom stereocenters. The van der Waals surface area contributed by atoms with Crippen LogP contribution in [0.3, 0.4) is 0 Å². The molecule has 0 N–H and O–H groups in total. The Morgan fingerprint density at radius 3 is 2.37 bits per heavy atom. The van der Waals surface area contributed by atoms with Gasteiger partial charge in [0.05, 0.1) is 16.3 Å². The second-order valence-electron chi connectivity index (χ2n) is 6.72. The average Bonchev–Trinajstić information content (AvgIpc) is 3.16. The Labute approximate surface area is 183 Å². The van der Waals surface area contributed by atoms with E-state index in [2.05, 4.69) is 10.1 Å². The van der Waals surface area contributed by atoms with Crippen LogP contribution in [0, 0.1) is 6.92 Å². The number of nitrogens with zero attached hydrogens (tertiary/aromatic N) is 3. The fourth-order valence-electron chi connectivity index (χ4n) is 3.26. The molecule has 0 saturated heterocycles. The summed E-state index contributed by atoms with van der Waals surface area (Å²) in [5.41, 5.74) is 4.30. The number of hydrogen-bond acceptors (Lipinski definition) is 4. The van der Waals surface area contributed by atoms with Crippen molar-refractivity contribution in [1.29, 1.82) is 0 Å². The summed E-state index contributed by atoms with van der Waals surface area (Å²) in [6.45, 7) is 3.37. The maximum absolute atomic E-state index is 12.7. The first-order valence-corrected chi connectivity index (χ1v) is 9.94. The highest BCUT2D eigenvalue weighted by Gasteiger charge is 2.28. The van der Waals surface area contributed by atoms with E-state index in [-0.39, 0.29) is 11.8 Å². The Morgan fingerprint density at radius 1 is 0.967 bits per heavy atom. The zero-order valence-corrected chi connectivity index (χ0v) is 17.8. The summed E-state index contributed by atoms with van der Waals surface area (Å²) in [4.78, 5) is 18.2. The van der Waals surface area contributed by atoms with Gasteiger partial charge in [-0.2, -0.15) is 0 Å². The van der Waals surface area contributed by atoms with Gasteiger partial charge >= 0.3 is 0 Å². The number of benzene rings is 2. The number of carbonyl (C=O) groups excluding carboxylic acids is 1. The first-order chi connectivity index (χ1) is 14.5. The van der Waals surface area contributed by atoms with Crippen LogP contribution >= 0.6 is 23.2 Å². The SMILES string of the molecule is CC(=O)N(c1ccccc1Cl)c1onc(-c2ccc(Cl)c(C)c2)c1-c1ccncc1. The Hall–Kier alpha value is -3.15. The number of aryl methyl sites for hydroxylation is 1. The molecule has 0 unspecified atom stereocenters. The fourth-order valence-corrected chi connectivity index (χ4v) is 3.59. The van der Waals surface area contributed by atoms with Crippen molar-refractivity contribution in [2.45, 2.75) is 13.8 Å². The van der Waals surface area contributed by atoms with Gasteiger partial charge in [0.2, 0.25) is 11.8 Å². The van der Waals surface area contributed by atoms with Gasteiger partial charge in [-0.15, -0.1) is 0 Å². The van der Waals surface area contributed by atoms with Crippen LogP contribution in [0.2, 0.25) is 10.0 Å². The third kappa shape index (κ3) is 3.70. The maximum atomic E-state index is 12.7. The smallest absolute Gasteiger partial charge is 0.247 e. The highest BCUT2D eigenvalue weighted by atomic mass is 35.5. The fraction of sp³-hybridized carbons (Fsp3) is 0.0870. The highest BCUT2D eigenvalue weighted by Crippen LogP contribution is 2.43. The summed E-state index contributed by atoms with van der Waals surface area (Å²) in [7, 11) is 0. The van der Waals surface area contributed by atoms with Crippen LogP contribution in [0.15, 0.2) is 71.5 Å². The molecule has 150 valence electrons. The third-order valence-corrected chi connectivity index (χ3v) is 5.43. The van der Waals surface area contributed by atoms with Crippen molar-refractivity contribution in [3.05, 3.63) is 82.6 Å². The number of hydrogen-bond donors (Lipinski definition) is 0. The van der Waals surface area contributed by atoms with Crippen LogP contribution < -0.4 is 4.90 Å². The molecule has 0 bridgehead atoms. The molecule has 5 nitrogen and oxygen atoms in total. The minimum absolute atomic E-state index is 0.256. The second kappa shape index (κ2) is 8.30. The molecule has 0 aliphatic heterocycles. The van der Waals surface area contributed by atoms with Gasteiger partial charge in [0, 0.05) is 29.9 Å². The van der Waals surface area contributed by atoms with Gasteiger partial charge < -0.3 is 4.52 Å².